The van der Waals surface area contributed by atoms with E-state index >= 15 is 0 Å². The number of hydrogen-bond acceptors (Lipinski definition) is 9. The molecular weight excluding hydrogens is 336 g/mol. The van der Waals surface area contributed by atoms with Crippen LogP contribution in [0.1, 0.15) is 25.7 Å². The Hall–Kier alpha value is -0.560. The third-order valence-corrected chi connectivity index (χ3v) is 4.78. The molecule has 0 bridgehead atoms. The van der Waals surface area contributed by atoms with E-state index in [2.05, 4.69) is 9.37 Å². The molecule has 1 aliphatic carbocycles. The fraction of sp³-hybridized carbons (Fsp3) is 0.818. The van der Waals surface area contributed by atoms with Gasteiger partial charge in [-0.15, -0.1) is 4.33 Å². The highest BCUT2D eigenvalue weighted by molar-refractivity contribution is 7.95. The van der Waals surface area contributed by atoms with Crippen LogP contribution < -0.4 is 11.5 Å². The van der Waals surface area contributed by atoms with Crippen molar-refractivity contribution in [2.75, 3.05) is 12.4 Å². The van der Waals surface area contributed by atoms with E-state index in [1.54, 1.807) is 0 Å². The number of hydrogen-bond donors (Lipinski definition) is 3. The fourth-order valence-corrected chi connectivity index (χ4v) is 3.32. The summed E-state index contributed by atoms with van der Waals surface area (Å²) < 4.78 is 9.21. The molecule has 1 fully saturated rings. The summed E-state index contributed by atoms with van der Waals surface area (Å²) in [6.45, 7) is 0.338. The Morgan fingerprint density at radius 1 is 1.14 bits per heavy atom. The SMILES string of the molecule is NC(=O)C1CCC(SOOCCCSOOO)CC1C(N)=O. The van der Waals surface area contributed by atoms with Gasteiger partial charge in [0.1, 0.15) is 0 Å². The van der Waals surface area contributed by atoms with E-state index in [0.717, 1.165) is 24.1 Å². The van der Waals surface area contributed by atoms with Crippen molar-refractivity contribution in [3.05, 3.63) is 0 Å². The molecule has 11 heteroatoms. The molecule has 0 aromatic carbocycles. The second kappa shape index (κ2) is 11.0. The maximum absolute atomic E-state index is 11.4. The molecular formula is C11H20N2O7S2. The van der Waals surface area contributed by atoms with Crippen molar-refractivity contribution in [1.82, 2.24) is 0 Å². The Bertz CT molecular complexity index is 361. The van der Waals surface area contributed by atoms with Crippen LogP contribution in [0.2, 0.25) is 0 Å². The van der Waals surface area contributed by atoms with Gasteiger partial charge >= 0.3 is 0 Å². The monoisotopic (exact) mass is 356 g/mol. The van der Waals surface area contributed by atoms with Gasteiger partial charge in [0.25, 0.3) is 0 Å². The number of carbonyl (C=O) groups is 2. The Labute approximate surface area is 136 Å². The van der Waals surface area contributed by atoms with Crippen molar-refractivity contribution in [1.29, 1.82) is 0 Å². The summed E-state index contributed by atoms with van der Waals surface area (Å²) in [5, 5.41) is 11.3. The lowest BCUT2D eigenvalue weighted by Gasteiger charge is -2.31. The van der Waals surface area contributed by atoms with Crippen molar-refractivity contribution in [2.45, 2.75) is 30.9 Å². The molecule has 9 nitrogen and oxygen atoms in total. The van der Waals surface area contributed by atoms with Gasteiger partial charge in [0.15, 0.2) is 0 Å². The van der Waals surface area contributed by atoms with Gasteiger partial charge in [-0.05, 0) is 25.7 Å². The molecule has 5 N–H and O–H groups in total. The standard InChI is InChI=1S/C11H20N2O7S2/c12-10(14)8-3-2-7(6-9(8)11(13)15)22-19-17-4-1-5-21-20-18-16/h7-9,16H,1-6H2,(H2,12,14)(H2,13,15). The van der Waals surface area contributed by atoms with E-state index in [9.17, 15) is 9.59 Å². The van der Waals surface area contributed by atoms with Crippen LogP contribution in [0.15, 0.2) is 0 Å². The van der Waals surface area contributed by atoms with Gasteiger partial charge < -0.3 is 11.5 Å². The molecule has 0 saturated heterocycles. The number of nitrogens with two attached hydrogens (primary N) is 2. The molecule has 0 aliphatic heterocycles. The highest BCUT2D eigenvalue weighted by atomic mass is 32.2. The predicted octanol–water partition coefficient (Wildman–Crippen LogP) is 0.798. The topological polar surface area (TPSA) is 143 Å². The van der Waals surface area contributed by atoms with Crippen LogP contribution in [0.3, 0.4) is 0 Å². The first-order valence-electron chi connectivity index (χ1n) is 6.69. The van der Waals surface area contributed by atoms with E-state index in [4.69, 9.17) is 25.9 Å². The molecule has 0 spiro atoms. The second-order valence-electron chi connectivity index (χ2n) is 4.76. The zero-order valence-electron chi connectivity index (χ0n) is 11.8. The lowest BCUT2D eigenvalue weighted by Crippen LogP contribution is -2.42. The molecule has 2 amide bonds. The molecule has 3 atom stereocenters. The molecule has 0 aromatic rings. The lowest BCUT2D eigenvalue weighted by molar-refractivity contribution is -0.432. The number of rotatable bonds is 11. The number of primary amides is 2. The highest BCUT2D eigenvalue weighted by Gasteiger charge is 2.37. The minimum absolute atomic E-state index is 0.0218. The zero-order valence-corrected chi connectivity index (χ0v) is 13.5. The van der Waals surface area contributed by atoms with Gasteiger partial charge in [0, 0.05) is 41.0 Å². The predicted molar refractivity (Wildman–Crippen MR) is 79.5 cm³/mol. The Kier molecular flexibility index (Phi) is 9.79. The first-order chi connectivity index (χ1) is 10.6. The van der Waals surface area contributed by atoms with Crippen LogP contribution in [0.4, 0.5) is 0 Å². The van der Waals surface area contributed by atoms with Gasteiger partial charge in [-0.2, -0.15) is 4.33 Å². The van der Waals surface area contributed by atoms with Crippen molar-refractivity contribution in [3.63, 3.8) is 0 Å². The van der Waals surface area contributed by atoms with Gasteiger partial charge in [0.05, 0.1) is 12.5 Å². The molecule has 0 aromatic heterocycles. The van der Waals surface area contributed by atoms with Crippen LogP contribution in [-0.4, -0.2) is 34.7 Å². The van der Waals surface area contributed by atoms with Gasteiger partial charge in [-0.1, -0.05) is 5.04 Å². The van der Waals surface area contributed by atoms with Gasteiger partial charge in [-0.3, -0.25) is 9.59 Å². The average Bonchev–Trinajstić information content (AvgIpc) is 2.49. The first kappa shape index (κ1) is 19.5. The Balaban J connectivity index is 2.17. The molecule has 1 saturated carbocycles. The third kappa shape index (κ3) is 7.13. The normalized spacial score (nSPS) is 25.0. The maximum atomic E-state index is 11.4. The van der Waals surface area contributed by atoms with Crippen LogP contribution in [0, 0.1) is 11.8 Å². The third-order valence-electron chi connectivity index (χ3n) is 3.29. The van der Waals surface area contributed by atoms with E-state index in [-0.39, 0.29) is 5.25 Å². The summed E-state index contributed by atoms with van der Waals surface area (Å²) in [6.07, 6.45) is 2.28. The summed E-state index contributed by atoms with van der Waals surface area (Å²) in [6, 6.07) is 0. The van der Waals surface area contributed by atoms with Crippen molar-refractivity contribution in [3.8, 4) is 0 Å². The van der Waals surface area contributed by atoms with Crippen LogP contribution in [0.25, 0.3) is 0 Å². The lowest BCUT2D eigenvalue weighted by atomic mass is 9.78. The molecule has 3 unspecified atom stereocenters. The summed E-state index contributed by atoms with van der Waals surface area (Å²) in [5.74, 6) is -1.50. The summed E-state index contributed by atoms with van der Waals surface area (Å²) in [5.41, 5.74) is 10.6. The first-order valence-corrected chi connectivity index (χ1v) is 8.41. The van der Waals surface area contributed by atoms with E-state index in [1.807, 2.05) is 0 Å². The molecule has 128 valence electrons. The van der Waals surface area contributed by atoms with E-state index < -0.39 is 23.7 Å². The molecule has 1 aliphatic rings. The molecule has 22 heavy (non-hydrogen) atoms. The Morgan fingerprint density at radius 3 is 2.50 bits per heavy atom. The quantitative estimate of drug-likeness (QED) is 0.212. The summed E-state index contributed by atoms with van der Waals surface area (Å²) in [7, 11) is 0. The minimum atomic E-state index is -0.556. The maximum Gasteiger partial charge on any atom is 0.221 e. The summed E-state index contributed by atoms with van der Waals surface area (Å²) >= 11 is 2.05. The smallest absolute Gasteiger partial charge is 0.221 e. The van der Waals surface area contributed by atoms with Gasteiger partial charge in [-0.25, -0.2) is 10.1 Å². The van der Waals surface area contributed by atoms with Crippen LogP contribution in [-0.2, 0) is 28.2 Å². The summed E-state index contributed by atoms with van der Waals surface area (Å²) in [4.78, 5) is 27.7. The van der Waals surface area contributed by atoms with E-state index in [0.29, 0.717) is 38.0 Å². The molecule has 0 radical (unpaired) electrons. The van der Waals surface area contributed by atoms with Crippen molar-refractivity contribution >= 4 is 35.9 Å². The highest BCUT2D eigenvalue weighted by Crippen LogP contribution is 2.36. The van der Waals surface area contributed by atoms with Crippen molar-refractivity contribution < 1.29 is 33.4 Å². The Morgan fingerprint density at radius 2 is 1.86 bits per heavy atom. The second-order valence-corrected chi connectivity index (χ2v) is 6.53. The minimum Gasteiger partial charge on any atom is -0.369 e. The fourth-order valence-electron chi connectivity index (χ4n) is 2.22. The number of amides is 2. The number of carbonyl (C=O) groups excluding carboxylic acids is 2. The molecule has 0 heterocycles. The van der Waals surface area contributed by atoms with E-state index in [1.165, 1.54) is 0 Å². The van der Waals surface area contributed by atoms with Crippen molar-refractivity contribution in [2.24, 2.45) is 23.3 Å². The van der Waals surface area contributed by atoms with Crippen LogP contribution >= 0.6 is 24.1 Å². The largest absolute Gasteiger partial charge is 0.369 e. The van der Waals surface area contributed by atoms with Crippen LogP contribution in [0.5, 0.6) is 0 Å². The molecule has 1 rings (SSSR count). The zero-order chi connectivity index (χ0) is 16.4. The van der Waals surface area contributed by atoms with Gasteiger partial charge in [0.2, 0.25) is 11.8 Å². The average molecular weight is 356 g/mol.